The number of ether oxygens (including phenoxy) is 1. The summed E-state index contributed by atoms with van der Waals surface area (Å²) in [5.74, 6) is 0.598. The molecule has 1 aromatic carbocycles. The van der Waals surface area contributed by atoms with Crippen LogP contribution in [-0.4, -0.2) is 29.5 Å². The summed E-state index contributed by atoms with van der Waals surface area (Å²) in [4.78, 5) is 8.60. The molecule has 0 radical (unpaired) electrons. The fraction of sp³-hybridized carbons (Fsp3) is 0.0526. The zero-order chi connectivity index (χ0) is 18.1. The molecule has 0 saturated heterocycles. The smallest absolute Gasteiger partial charge is 0.268 e. The second kappa shape index (κ2) is 6.27. The average Bonchev–Trinajstić information content (AvgIpc) is 3.14. The Morgan fingerprint density at radius 1 is 0.923 bits per heavy atom. The summed E-state index contributed by atoms with van der Waals surface area (Å²) in [5.41, 5.74) is 1.93. The minimum absolute atomic E-state index is 0.181. The molecule has 0 atom stereocenters. The van der Waals surface area contributed by atoms with Gasteiger partial charge in [0.05, 0.1) is 23.2 Å². The van der Waals surface area contributed by atoms with Crippen molar-refractivity contribution >= 4 is 20.9 Å². The fourth-order valence-corrected chi connectivity index (χ4v) is 4.20. The first-order valence-corrected chi connectivity index (χ1v) is 9.31. The molecule has 0 saturated carbocycles. The van der Waals surface area contributed by atoms with E-state index in [1.807, 2.05) is 0 Å². The Morgan fingerprint density at radius 2 is 1.65 bits per heavy atom. The van der Waals surface area contributed by atoms with E-state index < -0.39 is 10.0 Å². The molecule has 0 aliphatic carbocycles. The summed E-state index contributed by atoms with van der Waals surface area (Å²) in [7, 11) is -2.23. The van der Waals surface area contributed by atoms with Gasteiger partial charge in [-0.15, -0.1) is 0 Å². The number of methoxy groups -OCH3 is 1. The predicted octanol–water partition coefficient (Wildman–Crippen LogP) is 3.34. The second-order valence-electron chi connectivity index (χ2n) is 5.63. The van der Waals surface area contributed by atoms with Crippen LogP contribution in [0.5, 0.6) is 5.75 Å². The van der Waals surface area contributed by atoms with Gasteiger partial charge in [-0.2, -0.15) is 0 Å². The van der Waals surface area contributed by atoms with Crippen molar-refractivity contribution in [3.05, 3.63) is 73.3 Å². The molecule has 0 aliphatic rings. The van der Waals surface area contributed by atoms with Gasteiger partial charge < -0.3 is 4.74 Å². The van der Waals surface area contributed by atoms with E-state index in [4.69, 9.17) is 4.74 Å². The monoisotopic (exact) mass is 365 g/mol. The van der Waals surface area contributed by atoms with Crippen LogP contribution < -0.4 is 4.74 Å². The van der Waals surface area contributed by atoms with E-state index in [9.17, 15) is 8.42 Å². The molecule has 0 aliphatic heterocycles. The normalized spacial score (nSPS) is 11.6. The van der Waals surface area contributed by atoms with Crippen LogP contribution in [0.2, 0.25) is 0 Å². The van der Waals surface area contributed by atoms with Gasteiger partial charge >= 0.3 is 0 Å². The van der Waals surface area contributed by atoms with Crippen LogP contribution in [0.25, 0.3) is 22.2 Å². The molecular weight excluding hydrogens is 350 g/mol. The van der Waals surface area contributed by atoms with Crippen molar-refractivity contribution in [2.24, 2.45) is 0 Å². The Balaban J connectivity index is 1.94. The predicted molar refractivity (Wildman–Crippen MR) is 98.5 cm³/mol. The van der Waals surface area contributed by atoms with Gasteiger partial charge in [-0.3, -0.25) is 9.97 Å². The Hall–Kier alpha value is -3.19. The first-order chi connectivity index (χ1) is 12.6. The number of aromatic nitrogens is 3. The highest BCUT2D eigenvalue weighted by molar-refractivity contribution is 7.90. The highest BCUT2D eigenvalue weighted by Crippen LogP contribution is 2.30. The third-order valence-electron chi connectivity index (χ3n) is 4.14. The minimum Gasteiger partial charge on any atom is -0.497 e. The molecule has 130 valence electrons. The maximum Gasteiger partial charge on any atom is 0.268 e. The van der Waals surface area contributed by atoms with Gasteiger partial charge in [0, 0.05) is 35.7 Å². The van der Waals surface area contributed by atoms with Crippen LogP contribution in [0.4, 0.5) is 0 Å². The third-order valence-corrected chi connectivity index (χ3v) is 5.83. The van der Waals surface area contributed by atoms with Crippen molar-refractivity contribution in [1.82, 2.24) is 13.9 Å². The van der Waals surface area contributed by atoms with Gasteiger partial charge in [-0.05, 0) is 48.5 Å². The number of pyridine rings is 2. The molecule has 26 heavy (non-hydrogen) atoms. The van der Waals surface area contributed by atoms with Crippen molar-refractivity contribution in [3.63, 3.8) is 0 Å². The Kier molecular flexibility index (Phi) is 3.93. The summed E-state index contributed by atoms with van der Waals surface area (Å²) in [5, 5.41) is 0.795. The summed E-state index contributed by atoms with van der Waals surface area (Å²) < 4.78 is 32.7. The molecule has 0 spiro atoms. The molecule has 0 unspecified atom stereocenters. The zero-order valence-corrected chi connectivity index (χ0v) is 14.7. The highest BCUT2D eigenvalue weighted by Gasteiger charge is 2.21. The molecule has 3 aromatic heterocycles. The number of hydrogen-bond donors (Lipinski definition) is 0. The molecule has 0 bridgehead atoms. The molecule has 3 heterocycles. The van der Waals surface area contributed by atoms with Crippen molar-refractivity contribution in [1.29, 1.82) is 0 Å². The van der Waals surface area contributed by atoms with Crippen LogP contribution in [0.15, 0.2) is 78.2 Å². The average molecular weight is 365 g/mol. The van der Waals surface area contributed by atoms with E-state index >= 15 is 0 Å². The van der Waals surface area contributed by atoms with E-state index in [1.165, 1.54) is 23.2 Å². The molecule has 0 amide bonds. The molecular formula is C19H15N3O3S. The lowest BCUT2D eigenvalue weighted by atomic mass is 10.1. The van der Waals surface area contributed by atoms with E-state index in [2.05, 4.69) is 9.97 Å². The van der Waals surface area contributed by atoms with Gasteiger partial charge in [0.25, 0.3) is 10.0 Å². The summed E-state index contributed by atoms with van der Waals surface area (Å²) in [6, 6.07) is 13.5. The Labute approximate surface area is 150 Å². The fourth-order valence-electron chi connectivity index (χ4n) is 2.84. The lowest BCUT2D eigenvalue weighted by Crippen LogP contribution is -2.12. The molecule has 6 nitrogen and oxygen atoms in total. The largest absolute Gasteiger partial charge is 0.497 e. The van der Waals surface area contributed by atoms with Gasteiger partial charge in [-0.1, -0.05) is 0 Å². The topological polar surface area (TPSA) is 74.1 Å². The summed E-state index contributed by atoms with van der Waals surface area (Å²) in [6.07, 6.45) is 6.53. The number of benzene rings is 1. The van der Waals surface area contributed by atoms with Crippen molar-refractivity contribution in [2.75, 3.05) is 7.11 Å². The lowest BCUT2D eigenvalue weighted by molar-refractivity contribution is 0.414. The van der Waals surface area contributed by atoms with E-state index in [1.54, 1.807) is 61.2 Å². The number of hydrogen-bond acceptors (Lipinski definition) is 5. The Morgan fingerprint density at radius 3 is 2.35 bits per heavy atom. The van der Waals surface area contributed by atoms with Crippen molar-refractivity contribution < 1.29 is 13.2 Å². The zero-order valence-electron chi connectivity index (χ0n) is 13.9. The van der Waals surface area contributed by atoms with Gasteiger partial charge in [-0.25, -0.2) is 12.4 Å². The summed E-state index contributed by atoms with van der Waals surface area (Å²) >= 11 is 0. The Bertz CT molecular complexity index is 1170. The first-order valence-electron chi connectivity index (χ1n) is 7.87. The van der Waals surface area contributed by atoms with Crippen LogP contribution in [0.3, 0.4) is 0 Å². The first kappa shape index (κ1) is 16.3. The van der Waals surface area contributed by atoms with Crippen LogP contribution >= 0.6 is 0 Å². The van der Waals surface area contributed by atoms with Crippen molar-refractivity contribution in [3.8, 4) is 17.0 Å². The second-order valence-corrected chi connectivity index (χ2v) is 7.44. The SMILES string of the molecule is COc1ccc(S(=O)(=O)n2ccc3ccnc(-c4ccncc4)c32)cc1. The highest BCUT2D eigenvalue weighted by atomic mass is 32.2. The maximum atomic E-state index is 13.2. The van der Waals surface area contributed by atoms with Crippen LogP contribution in [-0.2, 0) is 10.0 Å². The van der Waals surface area contributed by atoms with Gasteiger partial charge in [0.2, 0.25) is 0 Å². The number of rotatable bonds is 4. The molecule has 0 N–H and O–H groups in total. The summed E-state index contributed by atoms with van der Waals surface area (Å²) in [6.45, 7) is 0. The van der Waals surface area contributed by atoms with Crippen LogP contribution in [0, 0.1) is 0 Å². The lowest BCUT2D eigenvalue weighted by Gasteiger charge is -2.11. The number of fused-ring (bicyclic) bond motifs is 1. The quantitative estimate of drug-likeness (QED) is 0.554. The standard InChI is InChI=1S/C19H15N3O3S/c1-25-16-2-4-17(5-3-16)26(23,24)22-13-9-15-8-12-21-18(19(15)22)14-6-10-20-11-7-14/h2-13H,1H3. The minimum atomic E-state index is -3.77. The van der Waals surface area contributed by atoms with E-state index in [-0.39, 0.29) is 4.90 Å². The molecule has 0 fully saturated rings. The molecule has 7 heteroatoms. The molecule has 4 aromatic rings. The third kappa shape index (κ3) is 2.62. The van der Waals surface area contributed by atoms with E-state index in [0.717, 1.165) is 10.9 Å². The van der Waals surface area contributed by atoms with Gasteiger partial charge in [0.1, 0.15) is 5.75 Å². The number of nitrogens with zero attached hydrogens (tertiary/aromatic N) is 3. The van der Waals surface area contributed by atoms with Gasteiger partial charge in [0.15, 0.2) is 0 Å². The van der Waals surface area contributed by atoms with Crippen LogP contribution in [0.1, 0.15) is 0 Å². The van der Waals surface area contributed by atoms with E-state index in [0.29, 0.717) is 17.0 Å². The maximum absolute atomic E-state index is 13.2. The molecule has 4 rings (SSSR count). The van der Waals surface area contributed by atoms with Crippen molar-refractivity contribution in [2.45, 2.75) is 4.90 Å².